The molecule has 1 fully saturated rings. The van der Waals surface area contributed by atoms with Crippen LogP contribution in [0.4, 0.5) is 0 Å². The molecular formula is C15H20N4O2. The smallest absolute Gasteiger partial charge is 0.319 e. The number of carbonyl (C=O) groups is 1. The lowest BCUT2D eigenvalue weighted by Gasteiger charge is -2.32. The standard InChI is InChI=1S/C15H20N4O2/c1-3-21-14(20)15(9-5-4-6-10-15)13-17-16-12-8-7-11(2)18-19(12)13/h7-8H,3-6,9-10H2,1-2H3. The van der Waals surface area contributed by atoms with Crippen molar-refractivity contribution in [2.45, 2.75) is 51.4 Å². The van der Waals surface area contributed by atoms with E-state index in [1.165, 1.54) is 0 Å². The molecule has 0 bridgehead atoms. The third-order valence-electron chi connectivity index (χ3n) is 4.20. The van der Waals surface area contributed by atoms with Crippen LogP contribution in [0.25, 0.3) is 5.65 Å². The molecule has 2 aromatic rings. The number of ether oxygens (including phenoxy) is 1. The molecule has 0 aliphatic heterocycles. The van der Waals surface area contributed by atoms with Gasteiger partial charge in [-0.2, -0.15) is 9.61 Å². The maximum atomic E-state index is 12.6. The molecule has 21 heavy (non-hydrogen) atoms. The van der Waals surface area contributed by atoms with E-state index in [2.05, 4.69) is 15.3 Å². The number of esters is 1. The van der Waals surface area contributed by atoms with Gasteiger partial charge in [-0.1, -0.05) is 19.3 Å². The first-order chi connectivity index (χ1) is 10.2. The summed E-state index contributed by atoms with van der Waals surface area (Å²) < 4.78 is 7.05. The summed E-state index contributed by atoms with van der Waals surface area (Å²) in [5, 5.41) is 12.9. The molecule has 0 aromatic carbocycles. The minimum absolute atomic E-state index is 0.192. The number of hydrogen-bond donors (Lipinski definition) is 0. The van der Waals surface area contributed by atoms with Gasteiger partial charge in [0.05, 0.1) is 12.3 Å². The first kappa shape index (κ1) is 14.0. The van der Waals surface area contributed by atoms with Crippen LogP contribution in [0.2, 0.25) is 0 Å². The van der Waals surface area contributed by atoms with Gasteiger partial charge in [0.15, 0.2) is 11.5 Å². The molecule has 0 N–H and O–H groups in total. The Labute approximate surface area is 123 Å². The second-order valence-corrected chi connectivity index (χ2v) is 5.63. The van der Waals surface area contributed by atoms with E-state index in [0.717, 1.165) is 37.8 Å². The monoisotopic (exact) mass is 288 g/mol. The highest BCUT2D eigenvalue weighted by molar-refractivity contribution is 5.82. The van der Waals surface area contributed by atoms with Crippen molar-refractivity contribution in [2.75, 3.05) is 6.61 Å². The van der Waals surface area contributed by atoms with E-state index in [4.69, 9.17) is 4.74 Å². The lowest BCUT2D eigenvalue weighted by Crippen LogP contribution is -2.41. The normalized spacial score (nSPS) is 17.8. The zero-order chi connectivity index (χ0) is 14.9. The van der Waals surface area contributed by atoms with E-state index in [1.54, 1.807) is 4.52 Å². The van der Waals surface area contributed by atoms with Crippen LogP contribution in [0.5, 0.6) is 0 Å². The summed E-state index contributed by atoms with van der Waals surface area (Å²) >= 11 is 0. The Morgan fingerprint density at radius 3 is 2.76 bits per heavy atom. The average molecular weight is 288 g/mol. The first-order valence-corrected chi connectivity index (χ1v) is 7.54. The topological polar surface area (TPSA) is 69.4 Å². The molecule has 0 atom stereocenters. The number of aromatic nitrogens is 4. The van der Waals surface area contributed by atoms with E-state index in [9.17, 15) is 4.79 Å². The largest absolute Gasteiger partial charge is 0.465 e. The highest BCUT2D eigenvalue weighted by atomic mass is 16.5. The van der Waals surface area contributed by atoms with Crippen molar-refractivity contribution in [2.24, 2.45) is 0 Å². The molecule has 0 radical (unpaired) electrons. The number of hydrogen-bond acceptors (Lipinski definition) is 5. The van der Waals surface area contributed by atoms with Gasteiger partial charge in [0.1, 0.15) is 5.41 Å². The fraction of sp³-hybridized carbons (Fsp3) is 0.600. The summed E-state index contributed by atoms with van der Waals surface area (Å²) in [5.74, 6) is 0.432. The summed E-state index contributed by atoms with van der Waals surface area (Å²) in [7, 11) is 0. The Morgan fingerprint density at radius 1 is 1.29 bits per heavy atom. The molecular weight excluding hydrogens is 268 g/mol. The summed E-state index contributed by atoms with van der Waals surface area (Å²) in [6.07, 6.45) is 4.65. The maximum Gasteiger partial charge on any atom is 0.319 e. The van der Waals surface area contributed by atoms with Crippen LogP contribution in [-0.2, 0) is 14.9 Å². The van der Waals surface area contributed by atoms with Gasteiger partial charge in [-0.15, -0.1) is 10.2 Å². The van der Waals surface area contributed by atoms with Crippen molar-refractivity contribution in [3.05, 3.63) is 23.7 Å². The summed E-state index contributed by atoms with van der Waals surface area (Å²) in [4.78, 5) is 12.6. The molecule has 1 aliphatic carbocycles. The molecule has 6 nitrogen and oxygen atoms in total. The van der Waals surface area contributed by atoms with Crippen LogP contribution in [0.1, 0.15) is 50.5 Å². The minimum Gasteiger partial charge on any atom is -0.465 e. The van der Waals surface area contributed by atoms with Crippen molar-refractivity contribution in [3.63, 3.8) is 0 Å². The fourth-order valence-corrected chi connectivity index (χ4v) is 3.12. The van der Waals surface area contributed by atoms with Crippen molar-refractivity contribution in [1.29, 1.82) is 0 Å². The van der Waals surface area contributed by atoms with Gasteiger partial charge in [0.2, 0.25) is 0 Å². The van der Waals surface area contributed by atoms with Gasteiger partial charge in [0, 0.05) is 0 Å². The predicted octanol–water partition coefficient (Wildman–Crippen LogP) is 2.20. The zero-order valence-corrected chi connectivity index (χ0v) is 12.5. The van der Waals surface area contributed by atoms with Gasteiger partial charge < -0.3 is 4.74 Å². The Morgan fingerprint density at radius 2 is 2.05 bits per heavy atom. The van der Waals surface area contributed by atoms with Gasteiger partial charge >= 0.3 is 5.97 Å². The molecule has 0 saturated heterocycles. The minimum atomic E-state index is -0.700. The molecule has 0 amide bonds. The Kier molecular flexibility index (Phi) is 3.61. The van der Waals surface area contributed by atoms with Gasteiger partial charge in [-0.05, 0) is 38.8 Å². The maximum absolute atomic E-state index is 12.6. The Bertz CT molecular complexity index is 659. The fourth-order valence-electron chi connectivity index (χ4n) is 3.12. The third kappa shape index (κ3) is 2.28. The van der Waals surface area contributed by atoms with E-state index < -0.39 is 5.41 Å². The second kappa shape index (κ2) is 5.42. The molecule has 0 unspecified atom stereocenters. The lowest BCUT2D eigenvalue weighted by molar-refractivity contribution is -0.152. The van der Waals surface area contributed by atoms with Gasteiger partial charge in [0.25, 0.3) is 0 Å². The van der Waals surface area contributed by atoms with Crippen molar-refractivity contribution in [3.8, 4) is 0 Å². The first-order valence-electron chi connectivity index (χ1n) is 7.54. The predicted molar refractivity (Wildman–Crippen MR) is 76.9 cm³/mol. The SMILES string of the molecule is CCOC(=O)C1(c2nnc3ccc(C)nn23)CCCCC1. The second-order valence-electron chi connectivity index (χ2n) is 5.63. The molecule has 2 aromatic heterocycles. The van der Waals surface area contributed by atoms with Crippen LogP contribution in [0, 0.1) is 6.92 Å². The molecule has 0 spiro atoms. The quantitative estimate of drug-likeness (QED) is 0.810. The zero-order valence-electron chi connectivity index (χ0n) is 12.5. The Balaban J connectivity index is 2.14. The van der Waals surface area contributed by atoms with Crippen LogP contribution < -0.4 is 0 Å². The van der Waals surface area contributed by atoms with E-state index in [0.29, 0.717) is 18.1 Å². The summed E-state index contributed by atoms with van der Waals surface area (Å²) in [5.41, 5.74) is 0.845. The van der Waals surface area contributed by atoms with Crippen LogP contribution in [0.15, 0.2) is 12.1 Å². The van der Waals surface area contributed by atoms with E-state index in [1.807, 2.05) is 26.0 Å². The molecule has 3 rings (SSSR count). The molecule has 2 heterocycles. The number of nitrogens with zero attached hydrogens (tertiary/aromatic N) is 4. The highest BCUT2D eigenvalue weighted by Crippen LogP contribution is 2.39. The summed E-state index contributed by atoms with van der Waals surface area (Å²) in [6.45, 7) is 4.13. The molecule has 6 heteroatoms. The van der Waals surface area contributed by atoms with Crippen LogP contribution in [0.3, 0.4) is 0 Å². The molecule has 1 saturated carbocycles. The number of rotatable bonds is 3. The lowest BCUT2D eigenvalue weighted by atomic mass is 9.73. The van der Waals surface area contributed by atoms with E-state index >= 15 is 0 Å². The molecule has 112 valence electrons. The van der Waals surface area contributed by atoms with Crippen molar-refractivity contribution >= 4 is 11.6 Å². The highest BCUT2D eigenvalue weighted by Gasteiger charge is 2.46. The van der Waals surface area contributed by atoms with Crippen LogP contribution in [-0.4, -0.2) is 32.4 Å². The van der Waals surface area contributed by atoms with Crippen LogP contribution >= 0.6 is 0 Å². The summed E-state index contributed by atoms with van der Waals surface area (Å²) in [6, 6.07) is 3.77. The van der Waals surface area contributed by atoms with Crippen molar-refractivity contribution < 1.29 is 9.53 Å². The number of fused-ring (bicyclic) bond motifs is 1. The third-order valence-corrected chi connectivity index (χ3v) is 4.20. The average Bonchev–Trinajstić information content (AvgIpc) is 2.91. The van der Waals surface area contributed by atoms with Crippen molar-refractivity contribution in [1.82, 2.24) is 19.8 Å². The number of carbonyl (C=O) groups excluding carboxylic acids is 1. The van der Waals surface area contributed by atoms with E-state index in [-0.39, 0.29) is 5.97 Å². The Hall–Kier alpha value is -1.98. The van der Waals surface area contributed by atoms with Gasteiger partial charge in [-0.25, -0.2) is 0 Å². The van der Waals surface area contributed by atoms with Gasteiger partial charge in [-0.3, -0.25) is 4.79 Å². The molecule has 1 aliphatic rings. The number of aryl methyl sites for hydroxylation is 1.